The topological polar surface area (TPSA) is 57.5 Å². The molecule has 0 saturated carbocycles. The average Bonchev–Trinajstić information content (AvgIpc) is 2.97. The molecule has 5 heteroatoms. The van der Waals surface area contributed by atoms with Crippen molar-refractivity contribution in [3.8, 4) is 0 Å². The number of hydrogen-bond acceptors (Lipinski definition) is 2. The molecule has 1 saturated heterocycles. The number of carbonyl (C=O) groups is 1. The number of aliphatic hydroxyl groups is 1. The molecule has 0 unspecified atom stereocenters. The second kappa shape index (κ2) is 6.24. The second-order valence-electron chi connectivity index (χ2n) is 6.60. The molecule has 0 radical (unpaired) electrons. The number of fused-ring (bicyclic) bond motifs is 1. The molecular formula is C18H25N3O2. The summed E-state index contributed by atoms with van der Waals surface area (Å²) in [6.07, 6.45) is 4.68. The highest BCUT2D eigenvalue weighted by Crippen LogP contribution is 2.34. The number of benzene rings is 1. The van der Waals surface area contributed by atoms with Gasteiger partial charge in [-0.2, -0.15) is 0 Å². The Balaban J connectivity index is 1.71. The third-order valence-corrected chi connectivity index (χ3v) is 5.34. The van der Waals surface area contributed by atoms with Gasteiger partial charge in [-0.15, -0.1) is 0 Å². The summed E-state index contributed by atoms with van der Waals surface area (Å²) in [4.78, 5) is 14.4. The van der Waals surface area contributed by atoms with Crippen LogP contribution in [0.15, 0.2) is 30.5 Å². The second-order valence-corrected chi connectivity index (χ2v) is 6.60. The number of aryl methyl sites for hydroxylation is 1. The number of hydrogen-bond donors (Lipinski definition) is 2. The fourth-order valence-corrected chi connectivity index (χ4v) is 3.46. The fourth-order valence-electron chi connectivity index (χ4n) is 3.46. The predicted octanol–water partition coefficient (Wildman–Crippen LogP) is 3.19. The van der Waals surface area contributed by atoms with Crippen LogP contribution >= 0.6 is 0 Å². The molecule has 3 rings (SSSR count). The Bertz CT molecular complexity index is 693. The van der Waals surface area contributed by atoms with Crippen molar-refractivity contribution < 1.29 is 9.90 Å². The van der Waals surface area contributed by atoms with Crippen LogP contribution in [0.1, 0.15) is 26.2 Å². The molecule has 1 fully saturated rings. The molecule has 1 aliphatic heterocycles. The van der Waals surface area contributed by atoms with Gasteiger partial charge >= 0.3 is 6.03 Å². The van der Waals surface area contributed by atoms with Gasteiger partial charge in [0.25, 0.3) is 0 Å². The van der Waals surface area contributed by atoms with Gasteiger partial charge in [0.2, 0.25) is 0 Å². The molecular weight excluding hydrogens is 290 g/mol. The Morgan fingerprint density at radius 2 is 2.04 bits per heavy atom. The van der Waals surface area contributed by atoms with Crippen molar-refractivity contribution in [3.05, 3.63) is 30.5 Å². The SMILES string of the molecule is CCC1(CO)CCN(C(=O)Nc2cccc3ccn(C)c23)CC1. The first-order valence-corrected chi connectivity index (χ1v) is 8.29. The normalized spacial score (nSPS) is 17.4. The largest absolute Gasteiger partial charge is 0.396 e. The lowest BCUT2D eigenvalue weighted by atomic mass is 9.77. The van der Waals surface area contributed by atoms with Gasteiger partial charge in [-0.25, -0.2) is 4.79 Å². The van der Waals surface area contributed by atoms with Crippen LogP contribution in [-0.4, -0.2) is 40.3 Å². The van der Waals surface area contributed by atoms with E-state index >= 15 is 0 Å². The number of nitrogens with zero attached hydrogens (tertiary/aromatic N) is 2. The van der Waals surface area contributed by atoms with Crippen LogP contribution in [0.25, 0.3) is 10.9 Å². The molecule has 0 spiro atoms. The lowest BCUT2D eigenvalue weighted by Gasteiger charge is -2.40. The van der Waals surface area contributed by atoms with Crippen LogP contribution in [-0.2, 0) is 7.05 Å². The van der Waals surface area contributed by atoms with Crippen molar-refractivity contribution in [3.63, 3.8) is 0 Å². The molecule has 2 heterocycles. The summed E-state index contributed by atoms with van der Waals surface area (Å²) in [6, 6.07) is 7.93. The number of likely N-dealkylation sites (tertiary alicyclic amines) is 1. The summed E-state index contributed by atoms with van der Waals surface area (Å²) < 4.78 is 2.02. The molecule has 1 aliphatic rings. The number of aromatic nitrogens is 1. The van der Waals surface area contributed by atoms with Crippen LogP contribution in [0.5, 0.6) is 0 Å². The van der Waals surface area contributed by atoms with Crippen molar-refractivity contribution in [1.29, 1.82) is 0 Å². The van der Waals surface area contributed by atoms with Crippen molar-refractivity contribution >= 4 is 22.6 Å². The summed E-state index contributed by atoms with van der Waals surface area (Å²) in [5, 5.41) is 13.8. The van der Waals surface area contributed by atoms with E-state index in [9.17, 15) is 9.90 Å². The van der Waals surface area contributed by atoms with Gasteiger partial charge in [-0.3, -0.25) is 0 Å². The number of urea groups is 1. The Labute approximate surface area is 136 Å². The molecule has 0 atom stereocenters. The van der Waals surface area contributed by atoms with E-state index in [1.165, 1.54) is 0 Å². The summed E-state index contributed by atoms with van der Waals surface area (Å²) in [6.45, 7) is 3.72. The van der Waals surface area contributed by atoms with Gasteiger partial charge < -0.3 is 19.9 Å². The Hall–Kier alpha value is -2.01. The molecule has 5 nitrogen and oxygen atoms in total. The van der Waals surface area contributed by atoms with Gasteiger partial charge in [0.15, 0.2) is 0 Å². The van der Waals surface area contributed by atoms with E-state index in [1.807, 2.05) is 47.0 Å². The first kappa shape index (κ1) is 15.9. The van der Waals surface area contributed by atoms with E-state index < -0.39 is 0 Å². The van der Waals surface area contributed by atoms with Gasteiger partial charge in [-0.05, 0) is 36.8 Å². The van der Waals surface area contributed by atoms with Crippen molar-refractivity contribution in [2.45, 2.75) is 26.2 Å². The fraction of sp³-hybridized carbons (Fsp3) is 0.500. The predicted molar refractivity (Wildman–Crippen MR) is 92.6 cm³/mol. The standard InChI is InChI=1S/C18H25N3O2/c1-3-18(13-22)8-11-21(12-9-18)17(23)19-15-6-4-5-14-7-10-20(2)16(14)15/h4-7,10,22H,3,8-9,11-13H2,1-2H3,(H,19,23). The molecule has 2 amide bonds. The molecule has 2 aromatic rings. The summed E-state index contributed by atoms with van der Waals surface area (Å²) >= 11 is 0. The van der Waals surface area contributed by atoms with E-state index in [4.69, 9.17) is 0 Å². The Morgan fingerprint density at radius 1 is 1.30 bits per heavy atom. The number of anilines is 1. The first-order chi connectivity index (χ1) is 11.1. The smallest absolute Gasteiger partial charge is 0.321 e. The molecule has 0 bridgehead atoms. The number of para-hydroxylation sites is 1. The Kier molecular flexibility index (Phi) is 4.31. The first-order valence-electron chi connectivity index (χ1n) is 8.29. The quantitative estimate of drug-likeness (QED) is 0.914. The van der Waals surface area contributed by atoms with Crippen molar-refractivity contribution in [2.75, 3.05) is 25.0 Å². The van der Waals surface area contributed by atoms with Crippen molar-refractivity contribution in [2.24, 2.45) is 12.5 Å². The van der Waals surface area contributed by atoms with Gasteiger partial charge in [0.05, 0.1) is 11.2 Å². The minimum absolute atomic E-state index is 0.00505. The zero-order valence-corrected chi connectivity index (χ0v) is 13.9. The van der Waals surface area contributed by atoms with Crippen LogP contribution in [0.4, 0.5) is 10.5 Å². The number of aliphatic hydroxyl groups excluding tert-OH is 1. The van der Waals surface area contributed by atoms with Gasteiger partial charge in [0, 0.05) is 38.3 Å². The summed E-state index contributed by atoms with van der Waals surface area (Å²) in [5.41, 5.74) is 1.88. The van der Waals surface area contributed by atoms with Gasteiger partial charge in [0.1, 0.15) is 0 Å². The highest BCUT2D eigenvalue weighted by atomic mass is 16.3. The Morgan fingerprint density at radius 3 is 2.70 bits per heavy atom. The molecule has 124 valence electrons. The molecule has 23 heavy (non-hydrogen) atoms. The van der Waals surface area contributed by atoms with E-state index in [2.05, 4.69) is 12.2 Å². The summed E-state index contributed by atoms with van der Waals surface area (Å²) in [5.74, 6) is 0. The monoisotopic (exact) mass is 315 g/mol. The van der Waals surface area contributed by atoms with Crippen LogP contribution in [0, 0.1) is 5.41 Å². The maximum atomic E-state index is 12.6. The highest BCUT2D eigenvalue weighted by Gasteiger charge is 2.33. The third kappa shape index (κ3) is 2.93. The highest BCUT2D eigenvalue weighted by molar-refractivity contribution is 6.00. The van der Waals surface area contributed by atoms with E-state index in [0.29, 0.717) is 13.1 Å². The summed E-state index contributed by atoms with van der Waals surface area (Å²) in [7, 11) is 1.98. The third-order valence-electron chi connectivity index (χ3n) is 5.34. The lowest BCUT2D eigenvalue weighted by molar-refractivity contribution is 0.0542. The van der Waals surface area contributed by atoms with E-state index in [0.717, 1.165) is 35.9 Å². The number of nitrogens with one attached hydrogen (secondary N) is 1. The number of amides is 2. The molecule has 2 N–H and O–H groups in total. The van der Waals surface area contributed by atoms with Gasteiger partial charge in [-0.1, -0.05) is 19.1 Å². The maximum Gasteiger partial charge on any atom is 0.321 e. The number of carbonyl (C=O) groups excluding carboxylic acids is 1. The minimum atomic E-state index is -0.0543. The van der Waals surface area contributed by atoms with Crippen LogP contribution in [0.2, 0.25) is 0 Å². The zero-order chi connectivity index (χ0) is 16.4. The molecule has 0 aliphatic carbocycles. The lowest BCUT2D eigenvalue weighted by Crippen LogP contribution is -2.46. The average molecular weight is 315 g/mol. The van der Waals surface area contributed by atoms with E-state index in [-0.39, 0.29) is 18.1 Å². The number of piperidine rings is 1. The molecule has 1 aromatic heterocycles. The van der Waals surface area contributed by atoms with Crippen LogP contribution in [0.3, 0.4) is 0 Å². The van der Waals surface area contributed by atoms with E-state index in [1.54, 1.807) is 0 Å². The zero-order valence-electron chi connectivity index (χ0n) is 13.9. The number of rotatable bonds is 3. The maximum absolute atomic E-state index is 12.6. The van der Waals surface area contributed by atoms with Crippen LogP contribution < -0.4 is 5.32 Å². The minimum Gasteiger partial charge on any atom is -0.396 e. The molecule has 1 aromatic carbocycles. The van der Waals surface area contributed by atoms with Crippen molar-refractivity contribution in [1.82, 2.24) is 9.47 Å².